The first-order chi connectivity index (χ1) is 7.29. The van der Waals surface area contributed by atoms with Crippen LogP contribution >= 0.6 is 0 Å². The van der Waals surface area contributed by atoms with E-state index < -0.39 is 0 Å². The van der Waals surface area contributed by atoms with Crippen LogP contribution in [0.2, 0.25) is 0 Å². The molecule has 15 heavy (non-hydrogen) atoms. The summed E-state index contributed by atoms with van der Waals surface area (Å²) in [6, 6.07) is 8.80. The van der Waals surface area contributed by atoms with Gasteiger partial charge in [-0.2, -0.15) is 0 Å². The van der Waals surface area contributed by atoms with E-state index >= 15 is 0 Å². The van der Waals surface area contributed by atoms with Gasteiger partial charge in [-0.25, -0.2) is 0 Å². The first-order valence-corrected chi connectivity index (χ1v) is 5.45. The van der Waals surface area contributed by atoms with Gasteiger partial charge in [0.15, 0.2) is 0 Å². The van der Waals surface area contributed by atoms with Crippen molar-refractivity contribution in [2.75, 3.05) is 0 Å². The summed E-state index contributed by atoms with van der Waals surface area (Å²) >= 11 is 0. The fourth-order valence-corrected chi connectivity index (χ4v) is 1.73. The molecule has 2 rings (SSSR count). The molecule has 1 aromatic rings. The van der Waals surface area contributed by atoms with E-state index in [1.165, 1.54) is 22.3 Å². The second-order valence-corrected chi connectivity index (χ2v) is 3.91. The molecule has 1 aromatic carbocycles. The van der Waals surface area contributed by atoms with E-state index in [1.54, 1.807) is 0 Å². The van der Waals surface area contributed by atoms with Gasteiger partial charge in [0, 0.05) is 0 Å². The smallest absolute Gasteiger partial charge is 0.00941 e. The lowest BCUT2D eigenvalue weighted by Gasteiger charge is -2.09. The summed E-state index contributed by atoms with van der Waals surface area (Å²) in [7, 11) is 0. The maximum Gasteiger partial charge on any atom is -0.00941 e. The fourth-order valence-electron chi connectivity index (χ4n) is 1.73. The molecule has 0 nitrogen and oxygen atoms in total. The summed E-state index contributed by atoms with van der Waals surface area (Å²) in [5.41, 5.74) is 5.19. The molecule has 0 radical (unpaired) electrons. The van der Waals surface area contributed by atoms with Crippen molar-refractivity contribution >= 4 is 5.57 Å². The lowest BCUT2D eigenvalue weighted by molar-refractivity contribution is 1.14. The molecular formula is C15H16. The minimum absolute atomic E-state index is 0.974. The van der Waals surface area contributed by atoms with Gasteiger partial charge in [0.1, 0.15) is 0 Å². The third kappa shape index (κ3) is 2.27. The van der Waals surface area contributed by atoms with Crippen molar-refractivity contribution in [3.8, 4) is 0 Å². The molecule has 0 N–H and O–H groups in total. The van der Waals surface area contributed by atoms with Crippen molar-refractivity contribution in [3.63, 3.8) is 0 Å². The molecule has 0 unspecified atom stereocenters. The number of hydrogen-bond acceptors (Lipinski definition) is 0. The Bertz CT molecular complexity index is 416. The number of allylic oxidation sites excluding steroid dienone is 5. The Morgan fingerprint density at radius 1 is 1.13 bits per heavy atom. The number of benzene rings is 1. The Morgan fingerprint density at radius 2 is 1.87 bits per heavy atom. The van der Waals surface area contributed by atoms with Crippen LogP contribution in [0.25, 0.3) is 5.57 Å². The third-order valence-corrected chi connectivity index (χ3v) is 2.78. The van der Waals surface area contributed by atoms with Crippen LogP contribution in [0.5, 0.6) is 0 Å². The van der Waals surface area contributed by atoms with E-state index in [0.29, 0.717) is 0 Å². The van der Waals surface area contributed by atoms with Gasteiger partial charge in [-0.1, -0.05) is 61.6 Å². The zero-order valence-electron chi connectivity index (χ0n) is 9.16. The van der Waals surface area contributed by atoms with Gasteiger partial charge in [0.05, 0.1) is 0 Å². The zero-order valence-corrected chi connectivity index (χ0v) is 9.16. The van der Waals surface area contributed by atoms with Gasteiger partial charge in [-0.05, 0) is 29.5 Å². The zero-order chi connectivity index (χ0) is 10.7. The number of rotatable bonds is 2. The average Bonchev–Trinajstić information content (AvgIpc) is 2.30. The molecule has 0 amide bonds. The van der Waals surface area contributed by atoms with Gasteiger partial charge in [-0.3, -0.25) is 0 Å². The molecule has 0 saturated heterocycles. The molecule has 0 spiro atoms. The van der Waals surface area contributed by atoms with E-state index in [4.69, 9.17) is 0 Å². The number of aryl methyl sites for hydroxylation is 1. The second-order valence-electron chi connectivity index (χ2n) is 3.91. The summed E-state index contributed by atoms with van der Waals surface area (Å²) in [6.07, 6.45) is 8.56. The van der Waals surface area contributed by atoms with Crippen LogP contribution in [0.3, 0.4) is 0 Å². The SMILES string of the molecule is C=C1C=CC(c2ccc(CC)cc2)=CC1. The molecule has 0 aromatic heterocycles. The van der Waals surface area contributed by atoms with E-state index in [9.17, 15) is 0 Å². The summed E-state index contributed by atoms with van der Waals surface area (Å²) in [5.74, 6) is 0. The highest BCUT2D eigenvalue weighted by atomic mass is 14.1. The van der Waals surface area contributed by atoms with Gasteiger partial charge >= 0.3 is 0 Å². The van der Waals surface area contributed by atoms with Crippen molar-refractivity contribution in [2.45, 2.75) is 19.8 Å². The molecule has 0 aliphatic heterocycles. The molecule has 0 bridgehead atoms. The van der Waals surface area contributed by atoms with Gasteiger partial charge in [0.2, 0.25) is 0 Å². The van der Waals surface area contributed by atoms with Crippen molar-refractivity contribution in [3.05, 3.63) is 65.8 Å². The molecule has 1 aliphatic rings. The van der Waals surface area contributed by atoms with E-state index in [0.717, 1.165) is 12.8 Å². The standard InChI is InChI=1S/C15H16/c1-3-13-6-10-15(11-7-13)14-8-4-12(2)5-9-14/h4,6-11H,2-3,5H2,1H3. The highest BCUT2D eigenvalue weighted by molar-refractivity contribution is 5.76. The predicted octanol–water partition coefficient (Wildman–Crippen LogP) is 4.15. The molecule has 0 fully saturated rings. The lowest BCUT2D eigenvalue weighted by atomic mass is 9.96. The quantitative estimate of drug-likeness (QED) is 0.666. The highest BCUT2D eigenvalue weighted by Crippen LogP contribution is 2.23. The van der Waals surface area contributed by atoms with E-state index in [-0.39, 0.29) is 0 Å². The van der Waals surface area contributed by atoms with Crippen LogP contribution in [-0.4, -0.2) is 0 Å². The van der Waals surface area contributed by atoms with E-state index in [1.807, 2.05) is 0 Å². The van der Waals surface area contributed by atoms with Gasteiger partial charge in [0.25, 0.3) is 0 Å². The van der Waals surface area contributed by atoms with Crippen LogP contribution in [0.4, 0.5) is 0 Å². The van der Waals surface area contributed by atoms with Crippen LogP contribution in [0, 0.1) is 0 Å². The highest BCUT2D eigenvalue weighted by Gasteiger charge is 2.02. The van der Waals surface area contributed by atoms with Crippen LogP contribution in [0.1, 0.15) is 24.5 Å². The Balaban J connectivity index is 2.23. The summed E-state index contributed by atoms with van der Waals surface area (Å²) in [6.45, 7) is 6.12. The van der Waals surface area contributed by atoms with Crippen molar-refractivity contribution < 1.29 is 0 Å². The molecule has 1 aliphatic carbocycles. The average molecular weight is 196 g/mol. The van der Waals surface area contributed by atoms with Gasteiger partial charge in [-0.15, -0.1) is 0 Å². The largest absolute Gasteiger partial charge is 0.0955 e. The Labute approximate surface area is 91.6 Å². The molecule has 0 heteroatoms. The number of hydrogen-bond donors (Lipinski definition) is 0. The summed E-state index contributed by atoms with van der Waals surface area (Å²) < 4.78 is 0. The third-order valence-electron chi connectivity index (χ3n) is 2.78. The molecular weight excluding hydrogens is 180 g/mol. The van der Waals surface area contributed by atoms with Crippen molar-refractivity contribution in [1.82, 2.24) is 0 Å². The van der Waals surface area contributed by atoms with Crippen molar-refractivity contribution in [1.29, 1.82) is 0 Å². The van der Waals surface area contributed by atoms with Crippen molar-refractivity contribution in [2.24, 2.45) is 0 Å². The predicted molar refractivity (Wildman–Crippen MR) is 66.7 cm³/mol. The Morgan fingerprint density at radius 3 is 2.40 bits per heavy atom. The Hall–Kier alpha value is -1.56. The maximum absolute atomic E-state index is 3.94. The Kier molecular flexibility index (Phi) is 2.86. The summed E-state index contributed by atoms with van der Waals surface area (Å²) in [4.78, 5) is 0. The summed E-state index contributed by atoms with van der Waals surface area (Å²) in [5, 5.41) is 0. The minimum atomic E-state index is 0.974. The first kappa shape index (κ1) is 9.97. The molecule has 76 valence electrons. The fraction of sp³-hybridized carbons (Fsp3) is 0.200. The second kappa shape index (κ2) is 4.31. The van der Waals surface area contributed by atoms with E-state index in [2.05, 4.69) is 56.0 Å². The molecule has 0 saturated carbocycles. The normalized spacial score (nSPS) is 15.3. The van der Waals surface area contributed by atoms with Crippen LogP contribution in [0.15, 0.2) is 54.6 Å². The molecule has 0 heterocycles. The first-order valence-electron chi connectivity index (χ1n) is 5.45. The van der Waals surface area contributed by atoms with Crippen LogP contribution in [-0.2, 0) is 6.42 Å². The monoisotopic (exact) mass is 196 g/mol. The minimum Gasteiger partial charge on any atom is -0.0955 e. The topological polar surface area (TPSA) is 0 Å². The molecule has 0 atom stereocenters. The lowest BCUT2D eigenvalue weighted by Crippen LogP contribution is -1.88. The maximum atomic E-state index is 3.94. The van der Waals surface area contributed by atoms with Crippen LogP contribution < -0.4 is 0 Å². The van der Waals surface area contributed by atoms with Gasteiger partial charge < -0.3 is 0 Å².